The van der Waals surface area contributed by atoms with Crippen LogP contribution in [0.25, 0.3) is 0 Å². The molecule has 0 aromatic heterocycles. The van der Waals surface area contributed by atoms with E-state index in [-0.39, 0.29) is 0 Å². The molecule has 0 aromatic rings. The zero-order valence-electron chi connectivity index (χ0n) is 11.3. The lowest BCUT2D eigenvalue weighted by atomic mass is 9.99. The van der Waals surface area contributed by atoms with E-state index < -0.39 is 12.0 Å². The Labute approximate surface area is 104 Å². The fourth-order valence-electron chi connectivity index (χ4n) is 1.79. The summed E-state index contributed by atoms with van der Waals surface area (Å²) in [5.74, 6) is -0.417. The first-order chi connectivity index (χ1) is 8.15. The average Bonchev–Trinajstić information content (AvgIpc) is 2.31. The van der Waals surface area contributed by atoms with Crippen LogP contribution in [0.4, 0.5) is 0 Å². The summed E-state index contributed by atoms with van der Waals surface area (Å²) < 4.78 is 0. The van der Waals surface area contributed by atoms with Crippen LogP contribution in [0.2, 0.25) is 0 Å². The summed E-state index contributed by atoms with van der Waals surface area (Å²) in [6.07, 6.45) is 0.656. The highest BCUT2D eigenvalue weighted by Gasteiger charge is 2.21. The molecule has 0 saturated carbocycles. The van der Waals surface area contributed by atoms with E-state index in [1.54, 1.807) is 0 Å². The standard InChI is InChI=1S/C12H27N3O2/c1-4-13-8-10(9-14-5-2)7-11(12(16)17)15-6-3/h10-11,13-15H,4-9H2,1-3H3,(H,16,17). The number of carboxylic acids is 1. The molecule has 0 aliphatic heterocycles. The van der Waals surface area contributed by atoms with E-state index in [9.17, 15) is 4.79 Å². The molecule has 0 aromatic carbocycles. The van der Waals surface area contributed by atoms with Crippen LogP contribution in [0.1, 0.15) is 27.2 Å². The molecule has 0 heterocycles. The molecule has 17 heavy (non-hydrogen) atoms. The van der Waals surface area contributed by atoms with Gasteiger partial charge in [0.2, 0.25) is 0 Å². The van der Waals surface area contributed by atoms with Gasteiger partial charge in [0.15, 0.2) is 0 Å². The van der Waals surface area contributed by atoms with Gasteiger partial charge in [0.25, 0.3) is 0 Å². The lowest BCUT2D eigenvalue weighted by molar-refractivity contribution is -0.139. The zero-order valence-corrected chi connectivity index (χ0v) is 11.3. The summed E-state index contributed by atoms with van der Waals surface area (Å²) in [6, 6.07) is -0.442. The molecular weight excluding hydrogens is 218 g/mol. The van der Waals surface area contributed by atoms with E-state index in [0.717, 1.165) is 26.2 Å². The van der Waals surface area contributed by atoms with Crippen molar-refractivity contribution in [1.29, 1.82) is 0 Å². The third-order valence-corrected chi connectivity index (χ3v) is 2.68. The minimum Gasteiger partial charge on any atom is -0.480 e. The molecule has 0 fully saturated rings. The fraction of sp³-hybridized carbons (Fsp3) is 0.917. The Hall–Kier alpha value is -0.650. The van der Waals surface area contributed by atoms with Crippen molar-refractivity contribution in [3.05, 3.63) is 0 Å². The van der Waals surface area contributed by atoms with Crippen LogP contribution in [0.3, 0.4) is 0 Å². The van der Waals surface area contributed by atoms with Crippen molar-refractivity contribution in [3.63, 3.8) is 0 Å². The minimum absolute atomic E-state index is 0.343. The van der Waals surface area contributed by atoms with Crippen LogP contribution in [0, 0.1) is 5.92 Å². The predicted molar refractivity (Wildman–Crippen MR) is 70.3 cm³/mol. The molecule has 0 aliphatic carbocycles. The number of nitrogens with one attached hydrogen (secondary N) is 3. The van der Waals surface area contributed by atoms with Gasteiger partial charge in [-0.25, -0.2) is 0 Å². The zero-order chi connectivity index (χ0) is 13.1. The Morgan fingerprint density at radius 3 is 1.94 bits per heavy atom. The van der Waals surface area contributed by atoms with Crippen LogP contribution in [0.15, 0.2) is 0 Å². The van der Waals surface area contributed by atoms with Gasteiger partial charge >= 0.3 is 5.97 Å². The van der Waals surface area contributed by atoms with Crippen molar-refractivity contribution in [2.75, 3.05) is 32.7 Å². The average molecular weight is 245 g/mol. The molecule has 102 valence electrons. The Morgan fingerprint density at radius 1 is 1.06 bits per heavy atom. The number of hydrogen-bond acceptors (Lipinski definition) is 4. The van der Waals surface area contributed by atoms with Gasteiger partial charge in [-0.3, -0.25) is 4.79 Å². The third kappa shape index (κ3) is 8.12. The van der Waals surface area contributed by atoms with E-state index in [1.807, 2.05) is 6.92 Å². The molecule has 1 atom stereocenters. The Kier molecular flexibility index (Phi) is 10.1. The topological polar surface area (TPSA) is 73.4 Å². The van der Waals surface area contributed by atoms with Gasteiger partial charge in [0.1, 0.15) is 6.04 Å². The normalized spacial score (nSPS) is 12.9. The van der Waals surface area contributed by atoms with Gasteiger partial charge < -0.3 is 21.1 Å². The van der Waals surface area contributed by atoms with E-state index in [4.69, 9.17) is 5.11 Å². The van der Waals surface area contributed by atoms with Gasteiger partial charge in [0.05, 0.1) is 0 Å². The number of rotatable bonds is 11. The van der Waals surface area contributed by atoms with Crippen LogP contribution in [-0.2, 0) is 4.79 Å². The summed E-state index contributed by atoms with van der Waals surface area (Å²) in [5.41, 5.74) is 0. The molecule has 5 heteroatoms. The van der Waals surface area contributed by atoms with E-state index in [0.29, 0.717) is 18.9 Å². The molecule has 1 unspecified atom stereocenters. The summed E-state index contributed by atoms with van der Waals surface area (Å²) >= 11 is 0. The SMILES string of the molecule is CCNCC(CNCC)CC(NCC)C(=O)O. The number of hydrogen-bond donors (Lipinski definition) is 4. The highest BCUT2D eigenvalue weighted by Crippen LogP contribution is 2.06. The quantitative estimate of drug-likeness (QED) is 0.421. The summed E-state index contributed by atoms with van der Waals surface area (Å²) in [7, 11) is 0. The van der Waals surface area contributed by atoms with Crippen molar-refractivity contribution in [2.45, 2.75) is 33.2 Å². The van der Waals surface area contributed by atoms with E-state index in [2.05, 4.69) is 29.8 Å². The van der Waals surface area contributed by atoms with Gasteiger partial charge in [0, 0.05) is 0 Å². The Balaban J connectivity index is 4.19. The molecule has 5 nitrogen and oxygen atoms in total. The lowest BCUT2D eigenvalue weighted by Crippen LogP contribution is -2.42. The molecule has 0 aliphatic rings. The summed E-state index contributed by atoms with van der Waals surface area (Å²) in [5, 5.41) is 18.7. The second kappa shape index (κ2) is 10.5. The number of carboxylic acid groups (broad SMARTS) is 1. The Morgan fingerprint density at radius 2 is 1.59 bits per heavy atom. The van der Waals surface area contributed by atoms with Gasteiger partial charge in [-0.1, -0.05) is 20.8 Å². The van der Waals surface area contributed by atoms with Crippen molar-refractivity contribution < 1.29 is 9.90 Å². The lowest BCUT2D eigenvalue weighted by Gasteiger charge is -2.22. The molecular formula is C12H27N3O2. The first-order valence-corrected chi connectivity index (χ1v) is 6.53. The summed E-state index contributed by atoms with van der Waals surface area (Å²) in [6.45, 7) is 10.3. The first-order valence-electron chi connectivity index (χ1n) is 6.53. The van der Waals surface area contributed by atoms with Gasteiger partial charge in [-0.15, -0.1) is 0 Å². The summed E-state index contributed by atoms with van der Waals surface area (Å²) in [4.78, 5) is 11.1. The second-order valence-corrected chi connectivity index (χ2v) is 4.17. The second-order valence-electron chi connectivity index (χ2n) is 4.17. The maximum absolute atomic E-state index is 11.1. The molecule has 0 spiro atoms. The fourth-order valence-corrected chi connectivity index (χ4v) is 1.79. The maximum Gasteiger partial charge on any atom is 0.320 e. The van der Waals surface area contributed by atoms with Crippen molar-refractivity contribution in [3.8, 4) is 0 Å². The Bertz CT molecular complexity index is 192. The minimum atomic E-state index is -0.759. The van der Waals surface area contributed by atoms with E-state index in [1.165, 1.54) is 0 Å². The van der Waals surface area contributed by atoms with Crippen LogP contribution in [-0.4, -0.2) is 49.8 Å². The van der Waals surface area contributed by atoms with Crippen LogP contribution < -0.4 is 16.0 Å². The van der Waals surface area contributed by atoms with Gasteiger partial charge in [-0.05, 0) is 45.1 Å². The number of aliphatic carboxylic acids is 1. The number of carbonyl (C=O) groups is 1. The molecule has 0 radical (unpaired) electrons. The smallest absolute Gasteiger partial charge is 0.320 e. The molecule has 0 amide bonds. The molecule has 0 saturated heterocycles. The first kappa shape index (κ1) is 16.4. The maximum atomic E-state index is 11.1. The largest absolute Gasteiger partial charge is 0.480 e. The van der Waals surface area contributed by atoms with Crippen molar-refractivity contribution in [2.24, 2.45) is 5.92 Å². The van der Waals surface area contributed by atoms with Crippen molar-refractivity contribution >= 4 is 5.97 Å². The molecule has 0 rings (SSSR count). The van der Waals surface area contributed by atoms with E-state index >= 15 is 0 Å². The molecule has 0 bridgehead atoms. The van der Waals surface area contributed by atoms with Crippen molar-refractivity contribution in [1.82, 2.24) is 16.0 Å². The van der Waals surface area contributed by atoms with Gasteiger partial charge in [-0.2, -0.15) is 0 Å². The predicted octanol–water partition coefficient (Wildman–Crippen LogP) is 0.274. The number of likely N-dealkylation sites (N-methyl/N-ethyl adjacent to an activating group) is 1. The van der Waals surface area contributed by atoms with Crippen LogP contribution >= 0.6 is 0 Å². The highest BCUT2D eigenvalue weighted by molar-refractivity contribution is 5.73. The highest BCUT2D eigenvalue weighted by atomic mass is 16.4. The van der Waals surface area contributed by atoms with Crippen LogP contribution in [0.5, 0.6) is 0 Å². The third-order valence-electron chi connectivity index (χ3n) is 2.68. The molecule has 4 N–H and O–H groups in total. The monoisotopic (exact) mass is 245 g/mol.